The smallest absolute Gasteiger partial charge is 0.340 e. The Morgan fingerprint density at radius 3 is 3.13 bits per heavy atom. The third-order valence-electron chi connectivity index (χ3n) is 2.40. The quantitative estimate of drug-likeness (QED) is 0.731. The molecule has 15 heavy (non-hydrogen) atoms. The van der Waals surface area contributed by atoms with Gasteiger partial charge in [0.25, 0.3) is 0 Å². The second-order valence-corrected chi connectivity index (χ2v) is 3.77. The van der Waals surface area contributed by atoms with E-state index in [0.29, 0.717) is 5.56 Å². The van der Waals surface area contributed by atoms with Gasteiger partial charge in [-0.1, -0.05) is 0 Å². The van der Waals surface area contributed by atoms with Crippen LogP contribution >= 0.6 is 0 Å². The molecule has 1 atom stereocenters. The molecule has 0 radical (unpaired) electrons. The van der Waals surface area contributed by atoms with Crippen molar-refractivity contribution in [1.82, 2.24) is 10.3 Å². The van der Waals surface area contributed by atoms with Crippen LogP contribution in [0.25, 0.3) is 0 Å². The average molecular weight is 206 g/mol. The minimum Gasteiger partial charge on any atom is -0.457 e. The zero-order valence-electron chi connectivity index (χ0n) is 8.69. The van der Waals surface area contributed by atoms with Gasteiger partial charge in [-0.25, -0.2) is 4.79 Å². The van der Waals surface area contributed by atoms with Crippen LogP contribution < -0.4 is 5.32 Å². The number of hydrogen-bond acceptors (Lipinski definition) is 4. The van der Waals surface area contributed by atoms with Crippen molar-refractivity contribution in [2.45, 2.75) is 19.4 Å². The molecular weight excluding hydrogens is 192 g/mol. The molecule has 2 rings (SSSR count). The summed E-state index contributed by atoms with van der Waals surface area (Å²) in [7, 11) is 0. The molecule has 0 amide bonds. The highest BCUT2D eigenvalue weighted by Gasteiger charge is 2.19. The van der Waals surface area contributed by atoms with E-state index in [1.54, 1.807) is 12.3 Å². The first kappa shape index (κ1) is 10.1. The molecule has 0 unspecified atom stereocenters. The number of pyridine rings is 1. The lowest BCUT2D eigenvalue weighted by Crippen LogP contribution is -2.20. The molecule has 4 heteroatoms. The Hall–Kier alpha value is -1.42. The van der Waals surface area contributed by atoms with Crippen molar-refractivity contribution in [2.24, 2.45) is 0 Å². The lowest BCUT2D eigenvalue weighted by atomic mass is 10.2. The van der Waals surface area contributed by atoms with Crippen LogP contribution in [0.2, 0.25) is 0 Å². The van der Waals surface area contributed by atoms with Gasteiger partial charge in [-0.05, 0) is 31.5 Å². The molecule has 0 saturated carbocycles. The summed E-state index contributed by atoms with van der Waals surface area (Å²) >= 11 is 0. The van der Waals surface area contributed by atoms with Crippen LogP contribution in [0.15, 0.2) is 18.5 Å². The maximum Gasteiger partial charge on any atom is 0.340 e. The number of ether oxygens (including phenoxy) is 1. The number of rotatable bonds is 2. The molecule has 1 N–H and O–H groups in total. The van der Waals surface area contributed by atoms with E-state index in [4.69, 9.17) is 4.74 Å². The highest BCUT2D eigenvalue weighted by Crippen LogP contribution is 2.09. The molecule has 4 nitrogen and oxygen atoms in total. The second kappa shape index (κ2) is 4.40. The van der Waals surface area contributed by atoms with Gasteiger partial charge in [0, 0.05) is 18.9 Å². The minimum absolute atomic E-state index is 0.0120. The summed E-state index contributed by atoms with van der Waals surface area (Å²) in [6, 6.07) is 1.79. The molecule has 1 aromatic heterocycles. The Balaban J connectivity index is 2.01. The molecule has 1 fully saturated rings. The Morgan fingerprint density at radius 2 is 2.47 bits per heavy atom. The zero-order chi connectivity index (χ0) is 10.7. The van der Waals surface area contributed by atoms with Gasteiger partial charge in [0.1, 0.15) is 6.10 Å². The molecule has 2 heterocycles. The van der Waals surface area contributed by atoms with Gasteiger partial charge in [0.2, 0.25) is 0 Å². The molecule has 0 aromatic carbocycles. The summed E-state index contributed by atoms with van der Waals surface area (Å²) in [5.74, 6) is -0.278. The monoisotopic (exact) mass is 206 g/mol. The van der Waals surface area contributed by atoms with Crippen molar-refractivity contribution in [3.63, 3.8) is 0 Å². The Labute approximate surface area is 88.7 Å². The second-order valence-electron chi connectivity index (χ2n) is 3.77. The van der Waals surface area contributed by atoms with Crippen LogP contribution in [0.1, 0.15) is 22.3 Å². The third-order valence-corrected chi connectivity index (χ3v) is 2.40. The van der Waals surface area contributed by atoms with E-state index in [1.165, 1.54) is 6.20 Å². The fraction of sp³-hybridized carbons (Fsp3) is 0.455. The predicted octanol–water partition coefficient (Wildman–Crippen LogP) is 0.909. The number of esters is 1. The van der Waals surface area contributed by atoms with Gasteiger partial charge in [-0.3, -0.25) is 4.98 Å². The summed E-state index contributed by atoms with van der Waals surface area (Å²) in [4.78, 5) is 15.6. The van der Waals surface area contributed by atoms with Gasteiger partial charge in [0.05, 0.1) is 5.56 Å². The maximum absolute atomic E-state index is 11.7. The summed E-state index contributed by atoms with van der Waals surface area (Å²) in [5.41, 5.74) is 1.50. The molecular formula is C11H14N2O2. The number of aromatic nitrogens is 1. The number of hydrogen-bond donors (Lipinski definition) is 1. The van der Waals surface area contributed by atoms with Crippen LogP contribution in [0.4, 0.5) is 0 Å². The van der Waals surface area contributed by atoms with Crippen molar-refractivity contribution < 1.29 is 9.53 Å². The highest BCUT2D eigenvalue weighted by atomic mass is 16.5. The molecule has 1 aliphatic rings. The van der Waals surface area contributed by atoms with E-state index in [-0.39, 0.29) is 12.1 Å². The third kappa shape index (κ3) is 2.53. The molecule has 1 aliphatic heterocycles. The van der Waals surface area contributed by atoms with E-state index in [1.807, 2.05) is 6.92 Å². The zero-order valence-corrected chi connectivity index (χ0v) is 8.69. The Morgan fingerprint density at radius 1 is 1.60 bits per heavy atom. The van der Waals surface area contributed by atoms with Crippen LogP contribution in [0.3, 0.4) is 0 Å². The largest absolute Gasteiger partial charge is 0.457 e. The van der Waals surface area contributed by atoms with Crippen molar-refractivity contribution in [1.29, 1.82) is 0 Å². The predicted molar refractivity (Wildman–Crippen MR) is 55.7 cm³/mol. The van der Waals surface area contributed by atoms with Crippen LogP contribution in [0.5, 0.6) is 0 Å². The summed E-state index contributed by atoms with van der Waals surface area (Å²) < 4.78 is 5.31. The minimum atomic E-state index is -0.278. The first-order valence-corrected chi connectivity index (χ1v) is 5.09. The van der Waals surface area contributed by atoms with Gasteiger partial charge in [0.15, 0.2) is 0 Å². The summed E-state index contributed by atoms with van der Waals surface area (Å²) in [5, 5.41) is 3.15. The highest BCUT2D eigenvalue weighted by molar-refractivity contribution is 5.89. The topological polar surface area (TPSA) is 51.2 Å². The molecule has 1 aromatic rings. The Kier molecular flexibility index (Phi) is 2.97. The maximum atomic E-state index is 11.7. The van der Waals surface area contributed by atoms with Gasteiger partial charge in [-0.15, -0.1) is 0 Å². The first-order valence-electron chi connectivity index (χ1n) is 5.09. The SMILES string of the molecule is Cc1cncc(C(=O)O[C@@H]2CCNC2)c1. The average Bonchev–Trinajstić information content (AvgIpc) is 2.70. The van der Waals surface area contributed by atoms with E-state index >= 15 is 0 Å². The standard InChI is InChI=1S/C11H14N2O2/c1-8-4-9(6-13-5-8)11(14)15-10-2-3-12-7-10/h4-6,10,12H,2-3,7H2,1H3/t10-/m1/s1. The van der Waals surface area contributed by atoms with Crippen LogP contribution in [0, 0.1) is 6.92 Å². The number of nitrogens with zero attached hydrogens (tertiary/aromatic N) is 1. The summed E-state index contributed by atoms with van der Waals surface area (Å²) in [6.07, 6.45) is 4.16. The van der Waals surface area contributed by atoms with E-state index in [0.717, 1.165) is 25.1 Å². The van der Waals surface area contributed by atoms with Crippen molar-refractivity contribution >= 4 is 5.97 Å². The molecule has 80 valence electrons. The molecule has 0 spiro atoms. The normalized spacial score (nSPS) is 20.2. The van der Waals surface area contributed by atoms with Crippen molar-refractivity contribution in [3.05, 3.63) is 29.6 Å². The van der Waals surface area contributed by atoms with Crippen molar-refractivity contribution in [3.8, 4) is 0 Å². The van der Waals surface area contributed by atoms with E-state index in [2.05, 4.69) is 10.3 Å². The van der Waals surface area contributed by atoms with Crippen molar-refractivity contribution in [2.75, 3.05) is 13.1 Å². The number of carbonyl (C=O) groups is 1. The number of carbonyl (C=O) groups excluding carboxylic acids is 1. The number of aryl methyl sites for hydroxylation is 1. The molecule has 0 bridgehead atoms. The van der Waals surface area contributed by atoms with Gasteiger partial charge >= 0.3 is 5.97 Å². The lowest BCUT2D eigenvalue weighted by molar-refractivity contribution is 0.0344. The van der Waals surface area contributed by atoms with E-state index < -0.39 is 0 Å². The molecule has 0 aliphatic carbocycles. The van der Waals surface area contributed by atoms with Crippen LogP contribution in [-0.4, -0.2) is 30.1 Å². The Bertz CT molecular complexity index is 359. The van der Waals surface area contributed by atoms with Gasteiger partial charge < -0.3 is 10.1 Å². The summed E-state index contributed by atoms with van der Waals surface area (Å²) in [6.45, 7) is 3.58. The van der Waals surface area contributed by atoms with Crippen LogP contribution in [-0.2, 0) is 4.74 Å². The van der Waals surface area contributed by atoms with Gasteiger partial charge in [-0.2, -0.15) is 0 Å². The fourth-order valence-corrected chi connectivity index (χ4v) is 1.61. The fourth-order valence-electron chi connectivity index (χ4n) is 1.61. The number of nitrogens with one attached hydrogen (secondary N) is 1. The van der Waals surface area contributed by atoms with E-state index in [9.17, 15) is 4.79 Å². The molecule has 1 saturated heterocycles. The first-order chi connectivity index (χ1) is 7.25. The lowest BCUT2D eigenvalue weighted by Gasteiger charge is -2.10.